The Hall–Kier alpha value is -2.45. The molecule has 166 valence electrons. The molecular formula is C15H17Cl2F2N5O6. The molecule has 5 N–H and O–H groups in total. The maximum absolute atomic E-state index is 13.3. The summed E-state index contributed by atoms with van der Waals surface area (Å²) in [5, 5.41) is 14.4. The van der Waals surface area contributed by atoms with Gasteiger partial charge in [0, 0.05) is 0 Å². The molecule has 0 spiro atoms. The van der Waals surface area contributed by atoms with E-state index < -0.39 is 76.8 Å². The van der Waals surface area contributed by atoms with Crippen molar-refractivity contribution >= 4 is 46.6 Å². The first kappa shape index (κ1) is 25.6. The highest BCUT2D eigenvalue weighted by Crippen LogP contribution is 2.34. The van der Waals surface area contributed by atoms with Crippen molar-refractivity contribution in [2.45, 2.75) is 6.04 Å². The van der Waals surface area contributed by atoms with Crippen LogP contribution >= 0.6 is 23.2 Å². The third-order valence-electron chi connectivity index (χ3n) is 3.28. The SMILES string of the molecule is CNCC(=O)C(=O)CNC(=O)CNC(=O)[C@H](CO)NOc1c(Cl)c(F)nc(F)c1Cl. The number of nitrogens with zero attached hydrogens (tertiary/aromatic N) is 1. The van der Waals surface area contributed by atoms with Crippen molar-refractivity contribution in [3.63, 3.8) is 0 Å². The van der Waals surface area contributed by atoms with Gasteiger partial charge in [-0.05, 0) is 7.05 Å². The first-order chi connectivity index (χ1) is 14.1. The highest BCUT2D eigenvalue weighted by Gasteiger charge is 2.24. The van der Waals surface area contributed by atoms with Gasteiger partial charge in [-0.25, -0.2) is 0 Å². The summed E-state index contributed by atoms with van der Waals surface area (Å²) in [6, 6.07) is -1.50. The normalized spacial score (nSPS) is 11.5. The minimum atomic E-state index is -1.50. The summed E-state index contributed by atoms with van der Waals surface area (Å²) in [4.78, 5) is 53.9. The van der Waals surface area contributed by atoms with Crippen LogP contribution in [0.5, 0.6) is 5.75 Å². The minimum Gasteiger partial charge on any atom is -0.404 e. The van der Waals surface area contributed by atoms with Gasteiger partial charge in [0.05, 0.1) is 26.2 Å². The van der Waals surface area contributed by atoms with Gasteiger partial charge in [0.15, 0.2) is 5.75 Å². The summed E-state index contributed by atoms with van der Waals surface area (Å²) in [6.45, 7) is -2.20. The highest BCUT2D eigenvalue weighted by molar-refractivity contribution is 6.39. The second-order valence-electron chi connectivity index (χ2n) is 5.48. The number of rotatable bonds is 12. The Morgan fingerprint density at radius 3 is 2.13 bits per heavy atom. The van der Waals surface area contributed by atoms with E-state index in [0.29, 0.717) is 0 Å². The number of nitrogens with one attached hydrogen (secondary N) is 4. The van der Waals surface area contributed by atoms with E-state index in [0.717, 1.165) is 0 Å². The predicted octanol–water partition coefficient (Wildman–Crippen LogP) is -1.50. The molecule has 0 aliphatic rings. The summed E-state index contributed by atoms with van der Waals surface area (Å²) in [7, 11) is 1.47. The van der Waals surface area contributed by atoms with Crippen LogP contribution in [0.15, 0.2) is 0 Å². The van der Waals surface area contributed by atoms with E-state index in [1.807, 2.05) is 5.48 Å². The van der Waals surface area contributed by atoms with E-state index in [1.165, 1.54) is 7.05 Å². The molecule has 0 saturated carbocycles. The first-order valence-corrected chi connectivity index (χ1v) is 8.86. The predicted molar refractivity (Wildman–Crippen MR) is 98.8 cm³/mol. The number of ketones is 2. The number of halogens is 4. The van der Waals surface area contributed by atoms with Gasteiger partial charge in [0.25, 0.3) is 0 Å². The molecule has 0 radical (unpaired) electrons. The number of aliphatic hydroxyl groups excluding tert-OH is 1. The fourth-order valence-corrected chi connectivity index (χ4v) is 2.15. The van der Waals surface area contributed by atoms with Crippen LogP contribution in [0, 0.1) is 11.9 Å². The van der Waals surface area contributed by atoms with Gasteiger partial charge >= 0.3 is 0 Å². The van der Waals surface area contributed by atoms with Crippen LogP contribution < -0.4 is 26.3 Å². The lowest BCUT2D eigenvalue weighted by atomic mass is 10.2. The van der Waals surface area contributed by atoms with Gasteiger partial charge in [-0.15, -0.1) is 5.48 Å². The summed E-state index contributed by atoms with van der Waals surface area (Å²) < 4.78 is 26.7. The van der Waals surface area contributed by atoms with Gasteiger partial charge in [0.2, 0.25) is 35.3 Å². The number of aromatic nitrogens is 1. The average molecular weight is 472 g/mol. The van der Waals surface area contributed by atoms with E-state index >= 15 is 0 Å². The molecule has 0 bridgehead atoms. The zero-order valence-corrected chi connectivity index (χ0v) is 16.9. The Bertz CT molecular complexity index is 803. The van der Waals surface area contributed by atoms with Gasteiger partial charge in [-0.2, -0.15) is 13.8 Å². The topological polar surface area (TPSA) is 159 Å². The number of Topliss-reactive ketones (excluding diaryl/α,β-unsaturated/α-hetero) is 2. The number of likely N-dealkylation sites (N-methyl/N-ethyl adjacent to an activating group) is 1. The largest absolute Gasteiger partial charge is 0.404 e. The summed E-state index contributed by atoms with van der Waals surface area (Å²) in [5.74, 6) is -6.86. The summed E-state index contributed by atoms with van der Waals surface area (Å²) >= 11 is 11.1. The zero-order chi connectivity index (χ0) is 22.8. The van der Waals surface area contributed by atoms with Crippen molar-refractivity contribution in [2.24, 2.45) is 0 Å². The lowest BCUT2D eigenvalue weighted by Crippen LogP contribution is -2.50. The van der Waals surface area contributed by atoms with E-state index in [4.69, 9.17) is 28.0 Å². The number of carbonyl (C=O) groups is 4. The molecule has 0 aromatic carbocycles. The molecule has 0 fully saturated rings. The van der Waals surface area contributed by atoms with Crippen molar-refractivity contribution in [3.05, 3.63) is 21.9 Å². The molecule has 30 heavy (non-hydrogen) atoms. The molecule has 1 atom stereocenters. The van der Waals surface area contributed by atoms with Crippen LogP contribution in [0.2, 0.25) is 10.0 Å². The van der Waals surface area contributed by atoms with Crippen molar-refractivity contribution in [1.29, 1.82) is 0 Å². The molecule has 0 saturated heterocycles. The van der Waals surface area contributed by atoms with Crippen LogP contribution in [-0.4, -0.2) is 72.8 Å². The molecular weight excluding hydrogens is 455 g/mol. The second-order valence-corrected chi connectivity index (χ2v) is 6.23. The molecule has 11 nitrogen and oxygen atoms in total. The number of pyridine rings is 1. The molecule has 1 aromatic rings. The molecule has 1 rings (SSSR count). The van der Waals surface area contributed by atoms with Crippen LogP contribution in [-0.2, 0) is 19.2 Å². The molecule has 0 unspecified atom stereocenters. The van der Waals surface area contributed by atoms with Gasteiger partial charge in [-0.3, -0.25) is 19.2 Å². The Balaban J connectivity index is 2.55. The summed E-state index contributed by atoms with van der Waals surface area (Å²) in [6.07, 6.45) is 0. The van der Waals surface area contributed by atoms with E-state index in [2.05, 4.69) is 20.9 Å². The molecule has 0 aliphatic carbocycles. The Morgan fingerprint density at radius 1 is 1.03 bits per heavy atom. The number of hydroxylamine groups is 1. The fourth-order valence-electron chi connectivity index (χ4n) is 1.75. The van der Waals surface area contributed by atoms with E-state index in [9.17, 15) is 33.1 Å². The monoisotopic (exact) mass is 471 g/mol. The maximum Gasteiger partial charge on any atom is 0.243 e. The lowest BCUT2D eigenvalue weighted by molar-refractivity contribution is -0.136. The zero-order valence-electron chi connectivity index (χ0n) is 15.4. The van der Waals surface area contributed by atoms with E-state index in [-0.39, 0.29) is 6.54 Å². The Labute approximate surface area is 178 Å². The van der Waals surface area contributed by atoms with Crippen molar-refractivity contribution < 1.29 is 37.9 Å². The van der Waals surface area contributed by atoms with E-state index in [1.54, 1.807) is 0 Å². The Morgan fingerprint density at radius 2 is 1.60 bits per heavy atom. The Kier molecular flexibility index (Phi) is 10.5. The number of hydrogen-bond acceptors (Lipinski definition) is 9. The molecule has 2 amide bonds. The molecule has 1 heterocycles. The highest BCUT2D eigenvalue weighted by atomic mass is 35.5. The number of hydrogen-bond donors (Lipinski definition) is 5. The summed E-state index contributed by atoms with van der Waals surface area (Å²) in [5.41, 5.74) is 2.00. The third-order valence-corrected chi connectivity index (χ3v) is 3.93. The standard InChI is InChI=1S/C15H17Cl2F2N5O6/c1-20-2-7(26)8(27)3-21-9(28)4-22-15(29)6(5-25)24-30-12-10(16)13(18)23-14(19)11(12)17/h6,20,24-25H,2-5H2,1H3,(H,21,28)(H,22,29)/t6-/m0/s1. The number of aliphatic hydroxyl groups is 1. The van der Waals surface area contributed by atoms with Crippen molar-refractivity contribution in [3.8, 4) is 5.75 Å². The average Bonchev–Trinajstić information content (AvgIpc) is 2.71. The van der Waals surface area contributed by atoms with Gasteiger partial charge < -0.3 is 25.9 Å². The lowest BCUT2D eigenvalue weighted by Gasteiger charge is -2.17. The third kappa shape index (κ3) is 7.42. The molecule has 1 aromatic heterocycles. The quantitative estimate of drug-likeness (QED) is 0.139. The smallest absolute Gasteiger partial charge is 0.243 e. The molecule has 15 heteroatoms. The minimum absolute atomic E-state index is 0.186. The number of carbonyl (C=O) groups excluding carboxylic acids is 4. The van der Waals surface area contributed by atoms with Crippen molar-refractivity contribution in [1.82, 2.24) is 26.4 Å². The van der Waals surface area contributed by atoms with Gasteiger partial charge in [-0.1, -0.05) is 23.2 Å². The van der Waals surface area contributed by atoms with Gasteiger partial charge in [0.1, 0.15) is 16.1 Å². The number of amides is 2. The van der Waals surface area contributed by atoms with Crippen LogP contribution in [0.1, 0.15) is 0 Å². The fraction of sp³-hybridized carbons (Fsp3) is 0.400. The maximum atomic E-state index is 13.3. The second kappa shape index (κ2) is 12.3. The van der Waals surface area contributed by atoms with Crippen LogP contribution in [0.4, 0.5) is 8.78 Å². The van der Waals surface area contributed by atoms with Crippen LogP contribution in [0.3, 0.4) is 0 Å². The van der Waals surface area contributed by atoms with Crippen LogP contribution in [0.25, 0.3) is 0 Å². The molecule has 0 aliphatic heterocycles. The first-order valence-electron chi connectivity index (χ1n) is 8.10. The van der Waals surface area contributed by atoms with Crippen molar-refractivity contribution in [2.75, 3.05) is 33.3 Å².